The fraction of sp³-hybridized carbons (Fsp3) is 0.188. The topological polar surface area (TPSA) is 46.5 Å². The number of halogens is 2. The van der Waals surface area contributed by atoms with Crippen molar-refractivity contribution in [2.24, 2.45) is 0 Å². The number of carbonyl (C=O) groups is 1. The average molecular weight is 325 g/mol. The van der Waals surface area contributed by atoms with E-state index in [1.54, 1.807) is 30.3 Å². The highest BCUT2D eigenvalue weighted by Gasteiger charge is 2.22. The summed E-state index contributed by atoms with van der Waals surface area (Å²) in [7, 11) is 0. The minimum Gasteiger partial charge on any atom is -0.478 e. The van der Waals surface area contributed by atoms with Crippen LogP contribution in [0.5, 0.6) is 5.75 Å². The van der Waals surface area contributed by atoms with Crippen molar-refractivity contribution in [3.63, 3.8) is 0 Å². The van der Waals surface area contributed by atoms with Crippen LogP contribution in [-0.4, -0.2) is 17.2 Å². The zero-order chi connectivity index (χ0) is 15.4. The molecule has 5 heteroatoms. The maximum absolute atomic E-state index is 11.4. The van der Waals surface area contributed by atoms with Crippen LogP contribution in [-0.2, 0) is 11.2 Å². The van der Waals surface area contributed by atoms with Gasteiger partial charge in [-0.15, -0.1) is 0 Å². The lowest BCUT2D eigenvalue weighted by molar-refractivity contribution is -0.145. The maximum Gasteiger partial charge on any atom is 0.345 e. The van der Waals surface area contributed by atoms with Crippen LogP contribution in [0, 0.1) is 6.92 Å². The molecule has 1 unspecified atom stereocenters. The van der Waals surface area contributed by atoms with Crippen molar-refractivity contribution in [3.8, 4) is 5.75 Å². The largest absolute Gasteiger partial charge is 0.478 e. The molecule has 0 saturated carbocycles. The Morgan fingerprint density at radius 1 is 1.24 bits per heavy atom. The molecule has 0 heterocycles. The Labute approximate surface area is 133 Å². The molecule has 110 valence electrons. The van der Waals surface area contributed by atoms with Crippen LogP contribution < -0.4 is 4.74 Å². The summed E-state index contributed by atoms with van der Waals surface area (Å²) in [6.07, 6.45) is -0.843. The van der Waals surface area contributed by atoms with Gasteiger partial charge in [-0.25, -0.2) is 4.79 Å². The predicted molar refractivity (Wildman–Crippen MR) is 83.4 cm³/mol. The smallest absolute Gasteiger partial charge is 0.345 e. The SMILES string of the molecule is Cc1ccccc1OC(Cc1ccc(Cl)cc1Cl)C(=O)O. The fourth-order valence-corrected chi connectivity index (χ4v) is 2.39. The summed E-state index contributed by atoms with van der Waals surface area (Å²) in [5.41, 5.74) is 1.56. The van der Waals surface area contributed by atoms with E-state index in [1.807, 2.05) is 19.1 Å². The number of aliphatic carboxylic acids is 1. The van der Waals surface area contributed by atoms with Crippen molar-refractivity contribution in [1.29, 1.82) is 0 Å². The van der Waals surface area contributed by atoms with E-state index in [0.29, 0.717) is 21.4 Å². The monoisotopic (exact) mass is 324 g/mol. The van der Waals surface area contributed by atoms with Crippen LogP contribution in [0.15, 0.2) is 42.5 Å². The van der Waals surface area contributed by atoms with Gasteiger partial charge in [0.25, 0.3) is 0 Å². The standard InChI is InChI=1S/C16H14Cl2O3/c1-10-4-2-3-5-14(10)21-15(16(19)20)8-11-6-7-12(17)9-13(11)18/h2-7,9,15H,8H2,1H3,(H,19,20). The van der Waals surface area contributed by atoms with Crippen molar-refractivity contribution < 1.29 is 14.6 Å². The number of ether oxygens (including phenoxy) is 1. The lowest BCUT2D eigenvalue weighted by Crippen LogP contribution is -2.29. The molecule has 0 saturated heterocycles. The molecule has 0 spiro atoms. The predicted octanol–water partition coefficient (Wildman–Crippen LogP) is 4.38. The number of rotatable bonds is 5. The highest BCUT2D eigenvalue weighted by molar-refractivity contribution is 6.35. The van der Waals surface area contributed by atoms with E-state index < -0.39 is 12.1 Å². The molecule has 2 aromatic carbocycles. The molecule has 1 N–H and O–H groups in total. The van der Waals surface area contributed by atoms with Crippen LogP contribution in [0.3, 0.4) is 0 Å². The first-order chi connectivity index (χ1) is 9.97. The third-order valence-electron chi connectivity index (χ3n) is 3.06. The van der Waals surface area contributed by atoms with Gasteiger partial charge in [-0.3, -0.25) is 0 Å². The first kappa shape index (κ1) is 15.7. The summed E-state index contributed by atoms with van der Waals surface area (Å²) in [6, 6.07) is 12.3. The van der Waals surface area contributed by atoms with Gasteiger partial charge >= 0.3 is 5.97 Å². The van der Waals surface area contributed by atoms with Crippen LogP contribution in [0.4, 0.5) is 0 Å². The fourth-order valence-electron chi connectivity index (χ4n) is 1.91. The first-order valence-corrected chi connectivity index (χ1v) is 7.12. The Morgan fingerprint density at radius 3 is 2.57 bits per heavy atom. The second-order valence-electron chi connectivity index (χ2n) is 4.65. The molecule has 0 bridgehead atoms. The summed E-state index contributed by atoms with van der Waals surface area (Å²) in [5, 5.41) is 10.3. The van der Waals surface area contributed by atoms with Gasteiger partial charge in [0.1, 0.15) is 5.75 Å². The molecule has 3 nitrogen and oxygen atoms in total. The van der Waals surface area contributed by atoms with Crippen LogP contribution in [0.2, 0.25) is 10.0 Å². The van der Waals surface area contributed by atoms with Gasteiger partial charge in [0.05, 0.1) is 0 Å². The van der Waals surface area contributed by atoms with Crippen LogP contribution in [0.25, 0.3) is 0 Å². The molecule has 0 fully saturated rings. The highest BCUT2D eigenvalue weighted by Crippen LogP contribution is 2.24. The molecular weight excluding hydrogens is 311 g/mol. The second kappa shape index (κ2) is 6.83. The second-order valence-corrected chi connectivity index (χ2v) is 5.49. The summed E-state index contributed by atoms with van der Waals surface area (Å²) in [4.78, 5) is 11.4. The number of hydrogen-bond acceptors (Lipinski definition) is 2. The molecule has 2 rings (SSSR count). The third kappa shape index (κ3) is 4.13. The average Bonchev–Trinajstić information content (AvgIpc) is 2.42. The number of hydrogen-bond donors (Lipinski definition) is 1. The minimum atomic E-state index is -1.04. The Morgan fingerprint density at radius 2 is 1.95 bits per heavy atom. The van der Waals surface area contributed by atoms with Crippen molar-refractivity contribution in [3.05, 3.63) is 63.6 Å². The van der Waals surface area contributed by atoms with Gasteiger partial charge in [0, 0.05) is 16.5 Å². The molecule has 0 aliphatic rings. The molecule has 0 aliphatic carbocycles. The molecule has 0 aromatic heterocycles. The zero-order valence-electron chi connectivity index (χ0n) is 11.3. The van der Waals surface area contributed by atoms with Gasteiger partial charge < -0.3 is 9.84 Å². The van der Waals surface area contributed by atoms with Crippen molar-refractivity contribution in [1.82, 2.24) is 0 Å². The Hall–Kier alpha value is -1.71. The van der Waals surface area contributed by atoms with E-state index in [-0.39, 0.29) is 6.42 Å². The highest BCUT2D eigenvalue weighted by atomic mass is 35.5. The number of para-hydroxylation sites is 1. The zero-order valence-corrected chi connectivity index (χ0v) is 12.9. The molecule has 1 atom stereocenters. The number of carboxylic acid groups (broad SMARTS) is 1. The van der Waals surface area contributed by atoms with E-state index in [2.05, 4.69) is 0 Å². The van der Waals surface area contributed by atoms with Crippen molar-refractivity contribution in [2.75, 3.05) is 0 Å². The van der Waals surface area contributed by atoms with Crippen molar-refractivity contribution >= 4 is 29.2 Å². The molecular formula is C16H14Cl2O3. The first-order valence-electron chi connectivity index (χ1n) is 6.36. The van der Waals surface area contributed by atoms with Gasteiger partial charge in [-0.1, -0.05) is 47.5 Å². The van der Waals surface area contributed by atoms with Crippen molar-refractivity contribution in [2.45, 2.75) is 19.4 Å². The molecule has 0 radical (unpaired) electrons. The number of aryl methyl sites for hydroxylation is 1. The van der Waals surface area contributed by atoms with Crippen LogP contribution in [0.1, 0.15) is 11.1 Å². The summed E-state index contributed by atoms with van der Waals surface area (Å²) < 4.78 is 5.60. The lowest BCUT2D eigenvalue weighted by Gasteiger charge is -2.17. The quantitative estimate of drug-likeness (QED) is 0.887. The summed E-state index contributed by atoms with van der Waals surface area (Å²) in [5.74, 6) is -0.487. The van der Waals surface area contributed by atoms with Gasteiger partial charge in [-0.05, 0) is 36.2 Å². The van der Waals surface area contributed by atoms with E-state index in [0.717, 1.165) is 5.56 Å². The van der Waals surface area contributed by atoms with Gasteiger partial charge in [0.15, 0.2) is 6.10 Å². The number of carboxylic acids is 1. The normalized spacial score (nSPS) is 12.0. The Kier molecular flexibility index (Phi) is 5.10. The van der Waals surface area contributed by atoms with E-state index in [9.17, 15) is 9.90 Å². The summed E-state index contributed by atoms with van der Waals surface area (Å²) >= 11 is 11.9. The molecule has 0 aliphatic heterocycles. The summed E-state index contributed by atoms with van der Waals surface area (Å²) in [6.45, 7) is 1.86. The Balaban J connectivity index is 2.20. The van der Waals surface area contributed by atoms with E-state index >= 15 is 0 Å². The van der Waals surface area contributed by atoms with Gasteiger partial charge in [0.2, 0.25) is 0 Å². The lowest BCUT2D eigenvalue weighted by atomic mass is 10.1. The number of benzene rings is 2. The van der Waals surface area contributed by atoms with E-state index in [1.165, 1.54) is 0 Å². The molecule has 0 amide bonds. The maximum atomic E-state index is 11.4. The molecule has 2 aromatic rings. The minimum absolute atomic E-state index is 0.166. The molecule has 21 heavy (non-hydrogen) atoms. The Bertz CT molecular complexity index is 656. The van der Waals surface area contributed by atoms with Crippen LogP contribution >= 0.6 is 23.2 Å². The third-order valence-corrected chi connectivity index (χ3v) is 3.65. The van der Waals surface area contributed by atoms with E-state index in [4.69, 9.17) is 27.9 Å². The van der Waals surface area contributed by atoms with Gasteiger partial charge in [-0.2, -0.15) is 0 Å².